The number of carbonyl (C=O) groups is 1. The molecule has 0 aliphatic heterocycles. The highest BCUT2D eigenvalue weighted by Gasteiger charge is 2.21. The lowest BCUT2D eigenvalue weighted by Gasteiger charge is -2.24. The summed E-state index contributed by atoms with van der Waals surface area (Å²) in [6.07, 6.45) is 7.01. The Morgan fingerprint density at radius 2 is 2.27 bits per heavy atom. The van der Waals surface area contributed by atoms with E-state index in [2.05, 4.69) is 0 Å². The van der Waals surface area contributed by atoms with Crippen molar-refractivity contribution < 1.29 is 14.3 Å². The second-order valence-electron chi connectivity index (χ2n) is 4.05. The van der Waals surface area contributed by atoms with Crippen molar-refractivity contribution in [3.63, 3.8) is 0 Å². The second kappa shape index (κ2) is 6.62. The van der Waals surface area contributed by atoms with E-state index < -0.39 is 0 Å². The fourth-order valence-corrected chi connectivity index (χ4v) is 2.14. The largest absolute Gasteiger partial charge is 0.504 e. The van der Waals surface area contributed by atoms with Gasteiger partial charge in [-0.2, -0.15) is 0 Å². The molecule has 0 aromatic rings. The highest BCUT2D eigenvalue weighted by molar-refractivity contribution is 5.80. The Morgan fingerprint density at radius 1 is 1.47 bits per heavy atom. The molecule has 0 N–H and O–H groups in total. The summed E-state index contributed by atoms with van der Waals surface area (Å²) in [5.41, 5.74) is 1.29. The Balaban J connectivity index is 2.49. The molecule has 86 valence electrons. The Bertz CT molecular complexity index is 233. The molecule has 0 aromatic carbocycles. The SMILES string of the molecule is CO/C=C1/CCCCC1CC(=O)COC. The maximum Gasteiger partial charge on any atom is 0.159 e. The van der Waals surface area contributed by atoms with Crippen molar-refractivity contribution in [3.8, 4) is 0 Å². The Labute approximate surface area is 91.4 Å². The van der Waals surface area contributed by atoms with Gasteiger partial charge in [-0.3, -0.25) is 4.79 Å². The van der Waals surface area contributed by atoms with Gasteiger partial charge in [0.2, 0.25) is 0 Å². The first-order valence-corrected chi connectivity index (χ1v) is 5.50. The zero-order valence-corrected chi connectivity index (χ0v) is 9.62. The van der Waals surface area contributed by atoms with Crippen LogP contribution in [0.2, 0.25) is 0 Å². The van der Waals surface area contributed by atoms with Crippen LogP contribution in [0, 0.1) is 5.92 Å². The summed E-state index contributed by atoms with van der Waals surface area (Å²) in [5, 5.41) is 0. The number of ether oxygens (including phenoxy) is 2. The van der Waals surface area contributed by atoms with Crippen LogP contribution in [0.25, 0.3) is 0 Å². The van der Waals surface area contributed by atoms with E-state index in [0.29, 0.717) is 12.3 Å². The molecular weight excluding hydrogens is 192 g/mol. The number of ketones is 1. The normalized spacial score (nSPS) is 24.1. The average Bonchev–Trinajstić information content (AvgIpc) is 2.21. The molecule has 3 heteroatoms. The third-order valence-corrected chi connectivity index (χ3v) is 2.84. The Morgan fingerprint density at radius 3 is 2.93 bits per heavy atom. The third kappa shape index (κ3) is 4.04. The minimum atomic E-state index is 0.186. The van der Waals surface area contributed by atoms with E-state index in [4.69, 9.17) is 9.47 Å². The summed E-state index contributed by atoms with van der Waals surface area (Å²) in [6, 6.07) is 0. The molecule has 1 aliphatic rings. The highest BCUT2D eigenvalue weighted by atomic mass is 16.5. The summed E-state index contributed by atoms with van der Waals surface area (Å²) >= 11 is 0. The van der Waals surface area contributed by atoms with Crippen LogP contribution >= 0.6 is 0 Å². The number of hydrogen-bond donors (Lipinski definition) is 0. The molecule has 0 aromatic heterocycles. The number of carbonyl (C=O) groups excluding carboxylic acids is 1. The van der Waals surface area contributed by atoms with E-state index in [1.807, 2.05) is 6.26 Å². The zero-order chi connectivity index (χ0) is 11.1. The van der Waals surface area contributed by atoms with Gasteiger partial charge in [-0.15, -0.1) is 0 Å². The molecule has 3 nitrogen and oxygen atoms in total. The molecule has 0 spiro atoms. The molecule has 0 heterocycles. The second-order valence-corrected chi connectivity index (χ2v) is 4.05. The number of methoxy groups -OCH3 is 2. The Hall–Kier alpha value is -0.830. The molecule has 1 aliphatic carbocycles. The van der Waals surface area contributed by atoms with Gasteiger partial charge in [0.15, 0.2) is 5.78 Å². The van der Waals surface area contributed by atoms with E-state index in [-0.39, 0.29) is 12.4 Å². The van der Waals surface area contributed by atoms with Crippen LogP contribution in [-0.2, 0) is 14.3 Å². The lowest BCUT2D eigenvalue weighted by atomic mass is 9.82. The molecule has 0 saturated heterocycles. The lowest BCUT2D eigenvalue weighted by molar-refractivity contribution is -0.123. The summed E-state index contributed by atoms with van der Waals surface area (Å²) in [4.78, 5) is 11.5. The van der Waals surface area contributed by atoms with Gasteiger partial charge in [-0.25, -0.2) is 0 Å². The first-order chi connectivity index (χ1) is 7.27. The fraction of sp³-hybridized carbons (Fsp3) is 0.750. The highest BCUT2D eigenvalue weighted by Crippen LogP contribution is 2.31. The van der Waals surface area contributed by atoms with Gasteiger partial charge in [-0.1, -0.05) is 6.42 Å². The molecule has 1 unspecified atom stereocenters. The van der Waals surface area contributed by atoms with Crippen LogP contribution in [0.1, 0.15) is 32.1 Å². The van der Waals surface area contributed by atoms with E-state index in [9.17, 15) is 4.79 Å². The lowest BCUT2D eigenvalue weighted by Crippen LogP contribution is -2.17. The van der Waals surface area contributed by atoms with Crippen molar-refractivity contribution >= 4 is 5.78 Å². The van der Waals surface area contributed by atoms with Crippen molar-refractivity contribution in [2.75, 3.05) is 20.8 Å². The van der Waals surface area contributed by atoms with Gasteiger partial charge in [-0.05, 0) is 30.8 Å². The first kappa shape index (κ1) is 12.2. The van der Waals surface area contributed by atoms with Gasteiger partial charge in [0.1, 0.15) is 6.61 Å². The molecule has 1 saturated carbocycles. The average molecular weight is 212 g/mol. The molecule has 0 bridgehead atoms. The van der Waals surface area contributed by atoms with Crippen molar-refractivity contribution in [2.24, 2.45) is 5.92 Å². The predicted molar refractivity (Wildman–Crippen MR) is 58.6 cm³/mol. The molecular formula is C12H20O3. The van der Waals surface area contributed by atoms with E-state index in [1.54, 1.807) is 14.2 Å². The van der Waals surface area contributed by atoms with Crippen molar-refractivity contribution in [1.29, 1.82) is 0 Å². The van der Waals surface area contributed by atoms with Crippen LogP contribution in [0.4, 0.5) is 0 Å². The van der Waals surface area contributed by atoms with Crippen molar-refractivity contribution in [1.82, 2.24) is 0 Å². The van der Waals surface area contributed by atoms with E-state index >= 15 is 0 Å². The van der Waals surface area contributed by atoms with Crippen LogP contribution in [0.5, 0.6) is 0 Å². The zero-order valence-electron chi connectivity index (χ0n) is 9.62. The summed E-state index contributed by atoms with van der Waals surface area (Å²) in [6.45, 7) is 0.233. The quantitative estimate of drug-likeness (QED) is 0.656. The van der Waals surface area contributed by atoms with Crippen molar-refractivity contribution in [3.05, 3.63) is 11.8 Å². The van der Waals surface area contributed by atoms with Crippen LogP contribution < -0.4 is 0 Å². The van der Waals surface area contributed by atoms with Crippen LogP contribution in [0.3, 0.4) is 0 Å². The number of allylic oxidation sites excluding steroid dienone is 1. The summed E-state index contributed by atoms with van der Waals surface area (Å²) < 4.78 is 9.89. The smallest absolute Gasteiger partial charge is 0.159 e. The van der Waals surface area contributed by atoms with Gasteiger partial charge in [0.05, 0.1) is 13.4 Å². The van der Waals surface area contributed by atoms with Gasteiger partial charge >= 0.3 is 0 Å². The van der Waals surface area contributed by atoms with E-state index in [0.717, 1.165) is 12.8 Å². The summed E-state index contributed by atoms with van der Waals surface area (Å²) in [7, 11) is 3.22. The molecule has 1 fully saturated rings. The monoisotopic (exact) mass is 212 g/mol. The molecule has 1 rings (SSSR count). The van der Waals surface area contributed by atoms with Gasteiger partial charge in [0, 0.05) is 13.5 Å². The number of hydrogen-bond acceptors (Lipinski definition) is 3. The van der Waals surface area contributed by atoms with Crippen molar-refractivity contribution in [2.45, 2.75) is 32.1 Å². The topological polar surface area (TPSA) is 35.5 Å². The molecule has 15 heavy (non-hydrogen) atoms. The predicted octanol–water partition coefficient (Wildman–Crippen LogP) is 2.31. The van der Waals surface area contributed by atoms with E-state index in [1.165, 1.54) is 18.4 Å². The van der Waals surface area contributed by atoms with Gasteiger partial charge < -0.3 is 9.47 Å². The number of Topliss-reactive ketones (excluding diaryl/α,β-unsaturated/α-hetero) is 1. The standard InChI is InChI=1S/C12H20O3/c1-14-8-11-6-4-3-5-10(11)7-12(13)9-15-2/h8,10H,3-7,9H2,1-2H3/b11-8-. The van der Waals surface area contributed by atoms with Crippen LogP contribution in [0.15, 0.2) is 11.8 Å². The molecule has 1 atom stereocenters. The van der Waals surface area contributed by atoms with Gasteiger partial charge in [0.25, 0.3) is 0 Å². The number of rotatable bonds is 5. The minimum absolute atomic E-state index is 0.186. The molecule has 0 amide bonds. The molecule has 0 radical (unpaired) electrons. The first-order valence-electron chi connectivity index (χ1n) is 5.50. The third-order valence-electron chi connectivity index (χ3n) is 2.84. The summed E-state index contributed by atoms with van der Waals surface area (Å²) in [5.74, 6) is 0.563. The maximum absolute atomic E-state index is 11.5. The minimum Gasteiger partial charge on any atom is -0.504 e. The van der Waals surface area contributed by atoms with Crippen LogP contribution in [-0.4, -0.2) is 26.6 Å². The maximum atomic E-state index is 11.5. The Kier molecular flexibility index (Phi) is 5.40. The fourth-order valence-electron chi connectivity index (χ4n) is 2.14.